The quantitative estimate of drug-likeness (QED) is 0.650. The lowest BCUT2D eigenvalue weighted by Crippen LogP contribution is -2.03. The Kier molecular flexibility index (Phi) is 4.75. The van der Waals surface area contributed by atoms with Crippen molar-refractivity contribution in [2.24, 2.45) is 0 Å². The Morgan fingerprint density at radius 2 is 2.00 bits per heavy atom. The molecule has 2 aromatic rings. The molecule has 4 rings (SSSR count). The highest BCUT2D eigenvalue weighted by molar-refractivity contribution is 9.10. The molecule has 0 bridgehead atoms. The zero-order valence-electron chi connectivity index (χ0n) is 14.1. The smallest absolute Gasteiger partial charge is 0.0418 e. The maximum absolute atomic E-state index is 3.63. The number of nitrogens with one attached hydrogen (secondary N) is 2. The lowest BCUT2D eigenvalue weighted by molar-refractivity contribution is 0.970. The van der Waals surface area contributed by atoms with Gasteiger partial charge in [-0.15, -0.1) is 0 Å². The predicted molar refractivity (Wildman–Crippen MR) is 110 cm³/mol. The summed E-state index contributed by atoms with van der Waals surface area (Å²) in [6.07, 6.45) is 12.0. The minimum absolute atomic E-state index is 0.814. The first-order valence-electron chi connectivity index (χ1n) is 8.73. The molecule has 1 heterocycles. The van der Waals surface area contributed by atoms with E-state index in [1.807, 2.05) is 6.07 Å². The predicted octanol–water partition coefficient (Wildman–Crippen LogP) is 6.19. The van der Waals surface area contributed by atoms with E-state index in [0.717, 1.165) is 30.3 Å². The molecule has 2 nitrogen and oxygen atoms in total. The van der Waals surface area contributed by atoms with Crippen LogP contribution in [0, 0.1) is 0 Å². The van der Waals surface area contributed by atoms with Crippen LogP contribution in [0.5, 0.6) is 0 Å². The third-order valence-corrected chi connectivity index (χ3v) is 5.49. The number of rotatable bonds is 3. The summed E-state index contributed by atoms with van der Waals surface area (Å²) in [5.41, 5.74) is 7.69. The minimum Gasteiger partial charge on any atom is -0.381 e. The number of benzene rings is 2. The fourth-order valence-corrected chi connectivity index (χ4v) is 3.73. The highest BCUT2D eigenvalue weighted by Crippen LogP contribution is 2.32. The van der Waals surface area contributed by atoms with Crippen LogP contribution in [0.15, 0.2) is 82.5 Å². The van der Waals surface area contributed by atoms with E-state index in [1.54, 1.807) is 0 Å². The normalized spacial score (nSPS) is 15.7. The van der Waals surface area contributed by atoms with Crippen molar-refractivity contribution >= 4 is 27.3 Å². The second-order valence-electron chi connectivity index (χ2n) is 6.42. The number of fused-ring (bicyclic) bond motifs is 2. The van der Waals surface area contributed by atoms with Crippen molar-refractivity contribution in [3.63, 3.8) is 0 Å². The van der Waals surface area contributed by atoms with Gasteiger partial charge in [-0.2, -0.15) is 0 Å². The van der Waals surface area contributed by atoms with Gasteiger partial charge in [-0.3, -0.25) is 0 Å². The molecule has 126 valence electrons. The van der Waals surface area contributed by atoms with E-state index < -0.39 is 0 Å². The SMILES string of the molecule is Brc1ccccc1CNc1ccc2c(c1)CCC1=CC=CCC=C1N2. The van der Waals surface area contributed by atoms with Crippen LogP contribution in [0.25, 0.3) is 0 Å². The Bertz CT molecular complexity index is 877. The van der Waals surface area contributed by atoms with Crippen LogP contribution in [0.3, 0.4) is 0 Å². The van der Waals surface area contributed by atoms with Gasteiger partial charge in [-0.25, -0.2) is 0 Å². The molecule has 1 aliphatic heterocycles. The third kappa shape index (κ3) is 3.72. The maximum Gasteiger partial charge on any atom is 0.0418 e. The average Bonchev–Trinajstić information content (AvgIpc) is 2.94. The van der Waals surface area contributed by atoms with Crippen LogP contribution in [0.4, 0.5) is 11.4 Å². The van der Waals surface area contributed by atoms with Crippen LogP contribution in [0.1, 0.15) is 24.0 Å². The second kappa shape index (κ2) is 7.32. The monoisotopic (exact) mass is 392 g/mol. The van der Waals surface area contributed by atoms with Crippen LogP contribution < -0.4 is 10.6 Å². The van der Waals surface area contributed by atoms with E-state index in [1.165, 1.54) is 33.8 Å². The Labute approximate surface area is 157 Å². The maximum atomic E-state index is 3.63. The molecule has 0 atom stereocenters. The molecule has 2 aliphatic rings. The summed E-state index contributed by atoms with van der Waals surface area (Å²) in [6.45, 7) is 0.814. The van der Waals surface area contributed by atoms with Crippen molar-refractivity contribution in [1.82, 2.24) is 0 Å². The van der Waals surface area contributed by atoms with Gasteiger partial charge in [0.1, 0.15) is 0 Å². The summed E-state index contributed by atoms with van der Waals surface area (Å²) in [6, 6.07) is 15.0. The van der Waals surface area contributed by atoms with E-state index in [0.29, 0.717) is 0 Å². The molecule has 3 heteroatoms. The fraction of sp³-hybridized carbons (Fsp3) is 0.182. The molecule has 0 amide bonds. The molecule has 2 N–H and O–H groups in total. The van der Waals surface area contributed by atoms with Crippen molar-refractivity contribution in [2.75, 3.05) is 10.6 Å². The Morgan fingerprint density at radius 1 is 1.08 bits per heavy atom. The van der Waals surface area contributed by atoms with Gasteiger partial charge < -0.3 is 10.6 Å². The fourth-order valence-electron chi connectivity index (χ4n) is 3.30. The van der Waals surface area contributed by atoms with Crippen molar-refractivity contribution in [3.8, 4) is 0 Å². The van der Waals surface area contributed by atoms with Gasteiger partial charge >= 0.3 is 0 Å². The molecule has 25 heavy (non-hydrogen) atoms. The molecule has 2 aromatic carbocycles. The highest BCUT2D eigenvalue weighted by atomic mass is 79.9. The Morgan fingerprint density at radius 3 is 2.92 bits per heavy atom. The number of allylic oxidation sites excluding steroid dienone is 5. The number of hydrogen-bond acceptors (Lipinski definition) is 2. The molecule has 0 saturated carbocycles. The summed E-state index contributed by atoms with van der Waals surface area (Å²) < 4.78 is 1.14. The number of halogens is 1. The Hall–Kier alpha value is -2.26. The van der Waals surface area contributed by atoms with E-state index in [4.69, 9.17) is 0 Å². The van der Waals surface area contributed by atoms with Gasteiger partial charge in [0.15, 0.2) is 0 Å². The summed E-state index contributed by atoms with van der Waals surface area (Å²) >= 11 is 3.61. The van der Waals surface area contributed by atoms with Gasteiger partial charge in [0.05, 0.1) is 0 Å². The topological polar surface area (TPSA) is 24.1 Å². The van der Waals surface area contributed by atoms with Crippen LogP contribution >= 0.6 is 15.9 Å². The summed E-state index contributed by atoms with van der Waals surface area (Å²) in [5, 5.41) is 7.18. The highest BCUT2D eigenvalue weighted by Gasteiger charge is 2.15. The molecule has 0 unspecified atom stereocenters. The van der Waals surface area contributed by atoms with E-state index in [9.17, 15) is 0 Å². The second-order valence-corrected chi connectivity index (χ2v) is 7.27. The third-order valence-electron chi connectivity index (χ3n) is 4.72. The number of hydrogen-bond donors (Lipinski definition) is 2. The molecule has 0 saturated heterocycles. The van der Waals surface area contributed by atoms with Crippen LogP contribution in [-0.2, 0) is 13.0 Å². The van der Waals surface area contributed by atoms with Gasteiger partial charge in [0.25, 0.3) is 0 Å². The molecule has 0 spiro atoms. The largest absolute Gasteiger partial charge is 0.381 e. The van der Waals surface area contributed by atoms with Crippen molar-refractivity contribution in [1.29, 1.82) is 0 Å². The van der Waals surface area contributed by atoms with Gasteiger partial charge in [-0.1, -0.05) is 58.4 Å². The molecular formula is C22H21BrN2. The molecule has 0 aromatic heterocycles. The summed E-state index contributed by atoms with van der Waals surface area (Å²) in [4.78, 5) is 0. The summed E-state index contributed by atoms with van der Waals surface area (Å²) in [7, 11) is 0. The first kappa shape index (κ1) is 16.2. The summed E-state index contributed by atoms with van der Waals surface area (Å²) in [5.74, 6) is 0. The molecule has 1 aliphatic carbocycles. The van der Waals surface area contributed by atoms with Crippen LogP contribution in [-0.4, -0.2) is 0 Å². The number of anilines is 2. The zero-order chi connectivity index (χ0) is 17.1. The van der Waals surface area contributed by atoms with E-state index >= 15 is 0 Å². The number of aryl methyl sites for hydroxylation is 1. The Balaban J connectivity index is 1.53. The van der Waals surface area contributed by atoms with Crippen molar-refractivity contribution in [2.45, 2.75) is 25.8 Å². The lowest BCUT2D eigenvalue weighted by atomic mass is 10.0. The first-order chi connectivity index (χ1) is 12.3. The molecule has 0 radical (unpaired) electrons. The zero-order valence-corrected chi connectivity index (χ0v) is 15.6. The van der Waals surface area contributed by atoms with E-state index in [2.05, 4.69) is 87.3 Å². The standard InChI is InChI=1S/C22H21BrN2/c23-20-8-5-4-7-18(20)15-24-19-12-13-22-17(14-19)11-10-16-6-2-1-3-9-21(16)25-22/h1-2,4-9,12-14,24-25H,3,10-11,15H2. The van der Waals surface area contributed by atoms with Gasteiger partial charge in [0.2, 0.25) is 0 Å². The van der Waals surface area contributed by atoms with Crippen molar-refractivity contribution in [3.05, 3.63) is 93.6 Å². The minimum atomic E-state index is 0.814. The molecular weight excluding hydrogens is 372 g/mol. The average molecular weight is 393 g/mol. The first-order valence-corrected chi connectivity index (χ1v) is 9.52. The lowest BCUT2D eigenvalue weighted by Gasteiger charge is -2.13. The van der Waals surface area contributed by atoms with Gasteiger partial charge in [-0.05, 0) is 60.2 Å². The van der Waals surface area contributed by atoms with E-state index in [-0.39, 0.29) is 0 Å². The van der Waals surface area contributed by atoms with Crippen LogP contribution in [0.2, 0.25) is 0 Å². The van der Waals surface area contributed by atoms with Crippen molar-refractivity contribution < 1.29 is 0 Å². The van der Waals surface area contributed by atoms with Gasteiger partial charge in [0, 0.05) is 28.1 Å². The molecule has 0 fully saturated rings.